The number of nitrogens with zero attached hydrogens (tertiary/aromatic N) is 2. The van der Waals surface area contributed by atoms with Crippen LogP contribution >= 0.6 is 0 Å². The first-order valence-corrected chi connectivity index (χ1v) is 7.53. The molecule has 1 unspecified atom stereocenters. The highest BCUT2D eigenvalue weighted by Gasteiger charge is 2.42. The Bertz CT molecular complexity index is 638. The molecule has 2 heterocycles. The molecule has 2 aliphatic rings. The van der Waals surface area contributed by atoms with Gasteiger partial charge in [-0.1, -0.05) is 24.3 Å². The smallest absolute Gasteiger partial charge is 0.0841 e. The molecule has 0 radical (unpaired) electrons. The van der Waals surface area contributed by atoms with Gasteiger partial charge in [0.25, 0.3) is 0 Å². The van der Waals surface area contributed by atoms with Crippen molar-refractivity contribution in [3.05, 3.63) is 42.1 Å². The summed E-state index contributed by atoms with van der Waals surface area (Å²) in [7, 11) is 0. The van der Waals surface area contributed by atoms with Crippen molar-refractivity contribution in [2.45, 2.75) is 37.3 Å². The van der Waals surface area contributed by atoms with Crippen molar-refractivity contribution < 1.29 is 5.11 Å². The zero-order valence-corrected chi connectivity index (χ0v) is 11.6. The number of aliphatic hydroxyl groups is 1. The van der Waals surface area contributed by atoms with Gasteiger partial charge in [-0.25, -0.2) is 0 Å². The molecule has 0 amide bonds. The van der Waals surface area contributed by atoms with Gasteiger partial charge in [-0.3, -0.25) is 9.88 Å². The molecule has 0 bridgehead atoms. The highest BCUT2D eigenvalue weighted by atomic mass is 16.3. The van der Waals surface area contributed by atoms with Gasteiger partial charge in [-0.2, -0.15) is 0 Å². The van der Waals surface area contributed by atoms with Crippen molar-refractivity contribution in [1.29, 1.82) is 0 Å². The number of rotatable bonds is 3. The fraction of sp³-hybridized carbons (Fsp3) is 0.471. The lowest BCUT2D eigenvalue weighted by Crippen LogP contribution is -2.36. The van der Waals surface area contributed by atoms with E-state index in [1.807, 2.05) is 18.2 Å². The second-order valence-electron chi connectivity index (χ2n) is 6.35. The van der Waals surface area contributed by atoms with E-state index in [1.54, 1.807) is 0 Å². The largest absolute Gasteiger partial charge is 0.388 e. The molecule has 3 nitrogen and oxygen atoms in total. The van der Waals surface area contributed by atoms with E-state index in [0.717, 1.165) is 42.1 Å². The fourth-order valence-corrected chi connectivity index (χ4v) is 3.33. The molecule has 1 saturated carbocycles. The molecule has 1 aliphatic heterocycles. The number of pyridine rings is 1. The Balaban J connectivity index is 1.54. The average Bonchev–Trinajstić information content (AvgIpc) is 3.23. The van der Waals surface area contributed by atoms with E-state index < -0.39 is 5.60 Å². The molecule has 1 aromatic carbocycles. The Kier molecular flexibility index (Phi) is 2.79. The third-order valence-corrected chi connectivity index (χ3v) is 4.59. The van der Waals surface area contributed by atoms with Crippen LogP contribution in [0.1, 0.15) is 25.0 Å². The minimum atomic E-state index is -0.585. The van der Waals surface area contributed by atoms with Gasteiger partial charge in [0.15, 0.2) is 0 Å². The Hall–Kier alpha value is -1.45. The summed E-state index contributed by atoms with van der Waals surface area (Å²) in [5.74, 6) is 0. The molecular weight excluding hydrogens is 248 g/mol. The summed E-state index contributed by atoms with van der Waals surface area (Å²) in [6, 6.07) is 13.1. The van der Waals surface area contributed by atoms with Crippen molar-refractivity contribution in [3.63, 3.8) is 0 Å². The number of hydrogen-bond acceptors (Lipinski definition) is 3. The average molecular weight is 268 g/mol. The van der Waals surface area contributed by atoms with E-state index in [0.29, 0.717) is 6.42 Å². The number of benzene rings is 1. The molecule has 3 heteroatoms. The lowest BCUT2D eigenvalue weighted by atomic mass is 9.96. The van der Waals surface area contributed by atoms with Crippen LogP contribution in [0, 0.1) is 0 Å². The van der Waals surface area contributed by atoms with Crippen LogP contribution in [0.3, 0.4) is 0 Å². The summed E-state index contributed by atoms with van der Waals surface area (Å²) in [4.78, 5) is 7.14. The highest BCUT2D eigenvalue weighted by Crippen LogP contribution is 2.34. The predicted molar refractivity (Wildman–Crippen MR) is 79.6 cm³/mol. The van der Waals surface area contributed by atoms with E-state index in [4.69, 9.17) is 4.98 Å². The molecule has 2 fully saturated rings. The zero-order valence-electron chi connectivity index (χ0n) is 11.6. The SMILES string of the molecule is OC1(Cc2ccc3ccccc3n2)CCN(C2CC2)C1. The normalized spacial score (nSPS) is 27.2. The fourth-order valence-electron chi connectivity index (χ4n) is 3.33. The quantitative estimate of drug-likeness (QED) is 0.928. The molecule has 1 saturated heterocycles. The topological polar surface area (TPSA) is 36.4 Å². The van der Waals surface area contributed by atoms with E-state index in [1.165, 1.54) is 12.8 Å². The van der Waals surface area contributed by atoms with Crippen LogP contribution in [0.4, 0.5) is 0 Å². The van der Waals surface area contributed by atoms with E-state index in [2.05, 4.69) is 23.1 Å². The van der Waals surface area contributed by atoms with Crippen molar-refractivity contribution >= 4 is 10.9 Å². The minimum Gasteiger partial charge on any atom is -0.388 e. The Morgan fingerprint density at radius 3 is 2.90 bits per heavy atom. The van der Waals surface area contributed by atoms with E-state index >= 15 is 0 Å². The maximum absolute atomic E-state index is 10.8. The van der Waals surface area contributed by atoms with Crippen LogP contribution in [0.25, 0.3) is 10.9 Å². The molecule has 20 heavy (non-hydrogen) atoms. The van der Waals surface area contributed by atoms with Gasteiger partial charge in [-0.05, 0) is 31.4 Å². The van der Waals surface area contributed by atoms with Crippen LogP contribution in [0.15, 0.2) is 36.4 Å². The maximum Gasteiger partial charge on any atom is 0.0841 e. The lowest BCUT2D eigenvalue weighted by molar-refractivity contribution is 0.0479. The van der Waals surface area contributed by atoms with Crippen molar-refractivity contribution in [2.75, 3.05) is 13.1 Å². The molecule has 104 valence electrons. The number of β-amino-alcohol motifs (C(OH)–C–C–N with tert-alkyl or cyclic N) is 1. The van der Waals surface area contributed by atoms with Gasteiger partial charge < -0.3 is 5.11 Å². The molecule has 1 aromatic heterocycles. The van der Waals surface area contributed by atoms with Gasteiger partial charge in [-0.15, -0.1) is 0 Å². The van der Waals surface area contributed by atoms with Crippen molar-refractivity contribution in [3.8, 4) is 0 Å². The summed E-state index contributed by atoms with van der Waals surface area (Å²) < 4.78 is 0. The zero-order chi connectivity index (χ0) is 13.6. The molecule has 4 rings (SSSR count). The van der Waals surface area contributed by atoms with Gasteiger partial charge >= 0.3 is 0 Å². The third-order valence-electron chi connectivity index (χ3n) is 4.59. The van der Waals surface area contributed by atoms with Gasteiger partial charge in [0.05, 0.1) is 11.1 Å². The second-order valence-corrected chi connectivity index (χ2v) is 6.35. The van der Waals surface area contributed by atoms with Gasteiger partial charge in [0, 0.05) is 36.6 Å². The monoisotopic (exact) mass is 268 g/mol. The highest BCUT2D eigenvalue weighted by molar-refractivity contribution is 5.78. The Labute approximate surface area is 119 Å². The van der Waals surface area contributed by atoms with Crippen LogP contribution < -0.4 is 0 Å². The number of fused-ring (bicyclic) bond motifs is 1. The first-order chi connectivity index (χ1) is 9.72. The standard InChI is InChI=1S/C17H20N2O/c20-17(9-10-19(12-17)15-7-8-15)11-14-6-5-13-3-1-2-4-16(13)18-14/h1-6,15,20H,7-12H2. The van der Waals surface area contributed by atoms with Crippen LogP contribution in [-0.4, -0.2) is 39.7 Å². The van der Waals surface area contributed by atoms with Gasteiger partial charge in [0.2, 0.25) is 0 Å². The number of aromatic nitrogens is 1. The molecule has 1 aliphatic carbocycles. The summed E-state index contributed by atoms with van der Waals surface area (Å²) in [5, 5.41) is 11.9. The first kappa shape index (κ1) is 12.3. The molecular formula is C17H20N2O. The van der Waals surface area contributed by atoms with Crippen LogP contribution in [-0.2, 0) is 6.42 Å². The maximum atomic E-state index is 10.8. The second kappa shape index (κ2) is 4.54. The minimum absolute atomic E-state index is 0.585. The third kappa shape index (κ3) is 2.32. The summed E-state index contributed by atoms with van der Waals surface area (Å²) in [5.41, 5.74) is 1.44. The van der Waals surface area contributed by atoms with Crippen LogP contribution in [0.5, 0.6) is 0 Å². The van der Waals surface area contributed by atoms with Crippen molar-refractivity contribution in [2.24, 2.45) is 0 Å². The predicted octanol–water partition coefficient (Wildman–Crippen LogP) is 2.38. The summed E-state index contributed by atoms with van der Waals surface area (Å²) >= 11 is 0. The van der Waals surface area contributed by atoms with Crippen molar-refractivity contribution in [1.82, 2.24) is 9.88 Å². The number of hydrogen-bond donors (Lipinski definition) is 1. The number of likely N-dealkylation sites (tertiary alicyclic amines) is 1. The molecule has 1 atom stereocenters. The number of para-hydroxylation sites is 1. The Morgan fingerprint density at radius 2 is 2.05 bits per heavy atom. The Morgan fingerprint density at radius 1 is 1.20 bits per heavy atom. The summed E-state index contributed by atoms with van der Waals surface area (Å²) in [6.45, 7) is 1.85. The molecule has 1 N–H and O–H groups in total. The van der Waals surface area contributed by atoms with E-state index in [-0.39, 0.29) is 0 Å². The molecule has 2 aromatic rings. The lowest BCUT2D eigenvalue weighted by Gasteiger charge is -2.23. The van der Waals surface area contributed by atoms with Crippen LogP contribution in [0.2, 0.25) is 0 Å². The molecule has 0 spiro atoms. The van der Waals surface area contributed by atoms with Gasteiger partial charge in [0.1, 0.15) is 0 Å². The summed E-state index contributed by atoms with van der Waals surface area (Å²) in [6.07, 6.45) is 4.16. The first-order valence-electron chi connectivity index (χ1n) is 7.53. The van der Waals surface area contributed by atoms with E-state index in [9.17, 15) is 5.11 Å².